The topological polar surface area (TPSA) is 74.8 Å². The lowest BCUT2D eigenvalue weighted by Gasteiger charge is -2.15. The van der Waals surface area contributed by atoms with Crippen molar-refractivity contribution in [2.24, 2.45) is 0 Å². The number of amides is 1. The molecule has 0 aliphatic heterocycles. The largest absolute Gasteiger partial charge is 0.325 e. The molecular weight excluding hydrogens is 346 g/mol. The van der Waals surface area contributed by atoms with Crippen molar-refractivity contribution in [2.75, 3.05) is 5.32 Å². The van der Waals surface area contributed by atoms with E-state index < -0.39 is 0 Å². The van der Waals surface area contributed by atoms with Crippen molar-refractivity contribution >= 4 is 35.0 Å². The van der Waals surface area contributed by atoms with Crippen LogP contribution in [0.15, 0.2) is 40.3 Å². The zero-order valence-corrected chi connectivity index (χ0v) is 15.4. The molecular formula is C17H20ClN3O2S. The van der Waals surface area contributed by atoms with Crippen molar-refractivity contribution in [2.45, 2.75) is 43.5 Å². The third-order valence-corrected chi connectivity index (χ3v) is 4.82. The molecule has 0 saturated carbocycles. The summed E-state index contributed by atoms with van der Waals surface area (Å²) in [6.45, 7) is 5.86. The Morgan fingerprint density at radius 2 is 2.12 bits per heavy atom. The van der Waals surface area contributed by atoms with E-state index in [2.05, 4.69) is 15.3 Å². The molecule has 1 unspecified atom stereocenters. The maximum Gasteiger partial charge on any atom is 0.251 e. The van der Waals surface area contributed by atoms with Gasteiger partial charge < -0.3 is 10.3 Å². The highest BCUT2D eigenvalue weighted by Gasteiger charge is 2.20. The first-order chi connectivity index (χ1) is 11.4. The molecule has 0 saturated heterocycles. The molecule has 0 bridgehead atoms. The Balaban J connectivity index is 2.14. The lowest BCUT2D eigenvalue weighted by Crippen LogP contribution is -2.25. The van der Waals surface area contributed by atoms with Gasteiger partial charge >= 0.3 is 0 Å². The number of benzene rings is 1. The number of halogens is 1. The summed E-state index contributed by atoms with van der Waals surface area (Å²) < 4.78 is 0. The average Bonchev–Trinajstić information content (AvgIpc) is 2.52. The minimum Gasteiger partial charge on any atom is -0.325 e. The average molecular weight is 366 g/mol. The van der Waals surface area contributed by atoms with Gasteiger partial charge in [-0.25, -0.2) is 4.98 Å². The number of carbonyl (C=O) groups excluding carboxylic acids is 1. The number of H-pyrrole nitrogens is 1. The molecule has 24 heavy (non-hydrogen) atoms. The molecule has 1 aromatic carbocycles. The van der Waals surface area contributed by atoms with Crippen LogP contribution >= 0.6 is 23.4 Å². The molecule has 1 aromatic heterocycles. The molecule has 7 heteroatoms. The Labute approximate surface area is 150 Å². The van der Waals surface area contributed by atoms with Gasteiger partial charge in [-0.1, -0.05) is 50.2 Å². The van der Waals surface area contributed by atoms with E-state index in [-0.39, 0.29) is 22.6 Å². The predicted molar refractivity (Wildman–Crippen MR) is 99.0 cm³/mol. The highest BCUT2D eigenvalue weighted by atomic mass is 35.5. The van der Waals surface area contributed by atoms with E-state index in [9.17, 15) is 9.59 Å². The van der Waals surface area contributed by atoms with Crippen molar-refractivity contribution in [3.63, 3.8) is 0 Å². The van der Waals surface area contributed by atoms with E-state index in [1.807, 2.05) is 20.8 Å². The van der Waals surface area contributed by atoms with Crippen LogP contribution < -0.4 is 10.9 Å². The second kappa shape index (κ2) is 8.35. The van der Waals surface area contributed by atoms with E-state index in [1.54, 1.807) is 24.3 Å². The fourth-order valence-electron chi connectivity index (χ4n) is 2.05. The smallest absolute Gasteiger partial charge is 0.251 e. The first kappa shape index (κ1) is 18.5. The Kier molecular flexibility index (Phi) is 6.45. The fraction of sp³-hybridized carbons (Fsp3) is 0.353. The van der Waals surface area contributed by atoms with Crippen LogP contribution in [0.25, 0.3) is 0 Å². The van der Waals surface area contributed by atoms with Gasteiger partial charge in [0.05, 0.1) is 10.9 Å². The second-order valence-electron chi connectivity index (χ2n) is 5.64. The molecule has 1 atom stereocenters. The number of aromatic nitrogens is 2. The standard InChI is InChI=1S/C17H20ClN3O2S/c1-4-14(16(23)19-12-7-5-6-11(18)8-12)24-17-20-13(10(2)3)9-15(22)21-17/h5-10,14H,4H2,1-3H3,(H,19,23)(H,20,21,22). The van der Waals surface area contributed by atoms with Crippen LogP contribution in [0.3, 0.4) is 0 Å². The van der Waals surface area contributed by atoms with Crippen LogP contribution in [-0.4, -0.2) is 21.1 Å². The van der Waals surface area contributed by atoms with Gasteiger partial charge in [-0.05, 0) is 30.5 Å². The molecule has 0 aliphatic carbocycles. The van der Waals surface area contributed by atoms with Gasteiger partial charge in [-0.15, -0.1) is 0 Å². The molecule has 2 rings (SSSR count). The van der Waals surface area contributed by atoms with Gasteiger partial charge in [-0.2, -0.15) is 0 Å². The van der Waals surface area contributed by atoms with E-state index >= 15 is 0 Å². The first-order valence-electron chi connectivity index (χ1n) is 7.73. The maximum atomic E-state index is 12.5. The summed E-state index contributed by atoms with van der Waals surface area (Å²) in [6.07, 6.45) is 0.604. The van der Waals surface area contributed by atoms with Crippen molar-refractivity contribution < 1.29 is 4.79 Å². The molecule has 0 radical (unpaired) electrons. The summed E-state index contributed by atoms with van der Waals surface area (Å²) in [5.41, 5.74) is 1.15. The Bertz CT molecular complexity index is 776. The number of anilines is 1. The Morgan fingerprint density at radius 3 is 2.75 bits per heavy atom. The summed E-state index contributed by atoms with van der Waals surface area (Å²) in [7, 11) is 0. The number of hydrogen-bond acceptors (Lipinski definition) is 4. The zero-order valence-electron chi connectivity index (χ0n) is 13.8. The summed E-state index contributed by atoms with van der Waals surface area (Å²) in [4.78, 5) is 31.3. The molecule has 1 heterocycles. The number of hydrogen-bond donors (Lipinski definition) is 2. The van der Waals surface area contributed by atoms with Gasteiger partial charge in [0.2, 0.25) is 5.91 Å². The third kappa shape index (κ3) is 5.11. The van der Waals surface area contributed by atoms with Crippen LogP contribution in [-0.2, 0) is 4.79 Å². The normalized spacial score (nSPS) is 12.2. The minimum absolute atomic E-state index is 0.145. The lowest BCUT2D eigenvalue weighted by atomic mass is 10.1. The molecule has 2 N–H and O–H groups in total. The van der Waals surface area contributed by atoms with E-state index in [0.717, 1.165) is 0 Å². The van der Waals surface area contributed by atoms with Gasteiger partial charge in [0, 0.05) is 16.8 Å². The number of carbonyl (C=O) groups is 1. The second-order valence-corrected chi connectivity index (χ2v) is 7.27. The van der Waals surface area contributed by atoms with E-state index in [1.165, 1.54) is 17.8 Å². The lowest BCUT2D eigenvalue weighted by molar-refractivity contribution is -0.115. The quantitative estimate of drug-likeness (QED) is 0.598. The number of thioether (sulfide) groups is 1. The van der Waals surface area contributed by atoms with Gasteiger partial charge in [0.25, 0.3) is 5.56 Å². The van der Waals surface area contributed by atoms with Crippen molar-refractivity contribution in [1.82, 2.24) is 9.97 Å². The van der Waals surface area contributed by atoms with E-state index in [0.29, 0.717) is 28.0 Å². The monoisotopic (exact) mass is 365 g/mol. The highest BCUT2D eigenvalue weighted by Crippen LogP contribution is 2.24. The summed E-state index contributed by atoms with van der Waals surface area (Å²) in [5.74, 6) is -0.00520. The Morgan fingerprint density at radius 1 is 1.38 bits per heavy atom. The molecule has 0 aliphatic rings. The Hall–Kier alpha value is -1.79. The summed E-state index contributed by atoms with van der Waals surface area (Å²) >= 11 is 7.18. The molecule has 5 nitrogen and oxygen atoms in total. The van der Waals surface area contributed by atoms with Gasteiger partial charge in [-0.3, -0.25) is 9.59 Å². The SMILES string of the molecule is CCC(Sc1nc(C(C)C)cc(=O)[nH]1)C(=O)Nc1cccc(Cl)c1. The number of nitrogens with zero attached hydrogens (tertiary/aromatic N) is 1. The van der Waals surface area contributed by atoms with Crippen molar-refractivity contribution in [1.29, 1.82) is 0 Å². The third-order valence-electron chi connectivity index (χ3n) is 3.34. The van der Waals surface area contributed by atoms with Crippen LogP contribution in [0, 0.1) is 0 Å². The van der Waals surface area contributed by atoms with Gasteiger partial charge in [0.1, 0.15) is 0 Å². The predicted octanol–water partition coefficient (Wildman–Crippen LogP) is 4.06. The van der Waals surface area contributed by atoms with Crippen LogP contribution in [0.2, 0.25) is 5.02 Å². The number of aromatic amines is 1. The zero-order chi connectivity index (χ0) is 17.7. The first-order valence-corrected chi connectivity index (χ1v) is 8.99. The summed E-state index contributed by atoms with van der Waals surface area (Å²) in [6, 6.07) is 8.48. The molecule has 0 spiro atoms. The highest BCUT2D eigenvalue weighted by molar-refractivity contribution is 8.00. The fourth-order valence-corrected chi connectivity index (χ4v) is 3.16. The van der Waals surface area contributed by atoms with Crippen molar-refractivity contribution in [3.05, 3.63) is 51.4 Å². The minimum atomic E-state index is -0.366. The molecule has 1 amide bonds. The molecule has 0 fully saturated rings. The van der Waals surface area contributed by atoms with Crippen LogP contribution in [0.1, 0.15) is 38.8 Å². The van der Waals surface area contributed by atoms with Gasteiger partial charge in [0.15, 0.2) is 5.16 Å². The number of nitrogens with one attached hydrogen (secondary N) is 2. The molecule has 2 aromatic rings. The number of rotatable bonds is 6. The summed E-state index contributed by atoms with van der Waals surface area (Å²) in [5, 5.41) is 3.49. The van der Waals surface area contributed by atoms with Crippen LogP contribution in [0.4, 0.5) is 5.69 Å². The molecule has 128 valence electrons. The van der Waals surface area contributed by atoms with Crippen LogP contribution in [0.5, 0.6) is 0 Å². The van der Waals surface area contributed by atoms with E-state index in [4.69, 9.17) is 11.6 Å². The van der Waals surface area contributed by atoms with Crippen molar-refractivity contribution in [3.8, 4) is 0 Å². The maximum absolute atomic E-state index is 12.5.